The summed E-state index contributed by atoms with van der Waals surface area (Å²) in [4.78, 5) is 21.5. The fourth-order valence-electron chi connectivity index (χ4n) is 4.20. The van der Waals surface area contributed by atoms with Crippen molar-refractivity contribution in [3.63, 3.8) is 0 Å². The van der Waals surface area contributed by atoms with Crippen LogP contribution in [0, 0.1) is 13.8 Å². The van der Waals surface area contributed by atoms with Crippen LogP contribution in [0.5, 0.6) is 0 Å². The van der Waals surface area contributed by atoms with Crippen molar-refractivity contribution < 1.29 is 0 Å². The van der Waals surface area contributed by atoms with E-state index in [4.69, 9.17) is 15.0 Å². The van der Waals surface area contributed by atoms with Crippen LogP contribution in [0.1, 0.15) is 41.8 Å². The average Bonchev–Trinajstić information content (AvgIpc) is 3.10. The fourth-order valence-corrected chi connectivity index (χ4v) is 4.20. The van der Waals surface area contributed by atoms with Crippen molar-refractivity contribution in [2.24, 2.45) is 0 Å². The fraction of sp³-hybridized carbons (Fsp3) is 0.571. The van der Waals surface area contributed by atoms with Gasteiger partial charge in [0.05, 0.1) is 17.4 Å². The lowest BCUT2D eigenvalue weighted by Crippen LogP contribution is -2.45. The Kier molecular flexibility index (Phi) is 5.36. The first-order valence-electron chi connectivity index (χ1n) is 10.0. The molecule has 0 N–H and O–H groups in total. The van der Waals surface area contributed by atoms with E-state index in [1.807, 2.05) is 6.92 Å². The molecular formula is C21H30N6. The van der Waals surface area contributed by atoms with Gasteiger partial charge in [-0.25, -0.2) is 9.97 Å². The van der Waals surface area contributed by atoms with Gasteiger partial charge in [0.2, 0.25) is 0 Å². The molecule has 0 spiro atoms. The zero-order valence-corrected chi connectivity index (χ0v) is 16.7. The number of piperazine rings is 1. The molecule has 0 aromatic carbocycles. The van der Waals surface area contributed by atoms with Crippen LogP contribution in [0.3, 0.4) is 0 Å². The van der Waals surface area contributed by atoms with Crippen LogP contribution >= 0.6 is 0 Å². The monoisotopic (exact) mass is 366 g/mol. The molecule has 2 fully saturated rings. The summed E-state index contributed by atoms with van der Waals surface area (Å²) in [7, 11) is 2.18. The molecule has 0 amide bonds. The second kappa shape index (κ2) is 7.90. The number of anilines is 1. The molecule has 2 aromatic rings. The van der Waals surface area contributed by atoms with Crippen molar-refractivity contribution in [2.45, 2.75) is 39.3 Å². The van der Waals surface area contributed by atoms with Crippen LogP contribution in [-0.4, -0.2) is 64.5 Å². The maximum Gasteiger partial charge on any atom is 0.132 e. The summed E-state index contributed by atoms with van der Waals surface area (Å²) in [6, 6.07) is 8.94. The van der Waals surface area contributed by atoms with Gasteiger partial charge in [0.25, 0.3) is 0 Å². The third kappa shape index (κ3) is 4.28. The summed E-state index contributed by atoms with van der Waals surface area (Å²) in [5, 5.41) is 0. The lowest BCUT2D eigenvalue weighted by molar-refractivity contribution is 0.241. The predicted molar refractivity (Wildman–Crippen MR) is 108 cm³/mol. The molecule has 4 rings (SSSR count). The van der Waals surface area contributed by atoms with Crippen molar-refractivity contribution >= 4 is 5.82 Å². The molecule has 0 saturated carbocycles. The third-order valence-electron chi connectivity index (χ3n) is 5.68. The number of likely N-dealkylation sites (tertiary alicyclic amines) is 1. The van der Waals surface area contributed by atoms with Gasteiger partial charge in [0.1, 0.15) is 11.6 Å². The molecule has 0 aliphatic carbocycles. The smallest absolute Gasteiger partial charge is 0.132 e. The van der Waals surface area contributed by atoms with Gasteiger partial charge >= 0.3 is 0 Å². The van der Waals surface area contributed by atoms with Crippen molar-refractivity contribution in [3.8, 4) is 0 Å². The van der Waals surface area contributed by atoms with Gasteiger partial charge in [0.15, 0.2) is 0 Å². The lowest BCUT2D eigenvalue weighted by Gasteiger charge is -2.33. The van der Waals surface area contributed by atoms with Gasteiger partial charge in [-0.2, -0.15) is 0 Å². The summed E-state index contributed by atoms with van der Waals surface area (Å²) in [6.45, 7) is 10.3. The molecule has 2 aliphatic heterocycles. The lowest BCUT2D eigenvalue weighted by atomic mass is 10.1. The molecule has 27 heavy (non-hydrogen) atoms. The number of hydrogen-bond acceptors (Lipinski definition) is 6. The van der Waals surface area contributed by atoms with E-state index >= 15 is 0 Å². The normalized spacial score (nSPS) is 21.7. The molecule has 2 aromatic heterocycles. The molecule has 0 unspecified atom stereocenters. The highest BCUT2D eigenvalue weighted by Crippen LogP contribution is 2.32. The zero-order chi connectivity index (χ0) is 18.8. The maximum atomic E-state index is 4.78. The van der Waals surface area contributed by atoms with Gasteiger partial charge in [-0.1, -0.05) is 6.07 Å². The van der Waals surface area contributed by atoms with E-state index in [2.05, 4.69) is 52.9 Å². The van der Waals surface area contributed by atoms with E-state index in [1.54, 1.807) is 0 Å². The Labute approximate surface area is 162 Å². The van der Waals surface area contributed by atoms with Gasteiger partial charge in [-0.3, -0.25) is 9.88 Å². The molecule has 4 heterocycles. The first kappa shape index (κ1) is 18.3. The maximum absolute atomic E-state index is 4.78. The van der Waals surface area contributed by atoms with Crippen LogP contribution in [-0.2, 0) is 6.54 Å². The van der Waals surface area contributed by atoms with E-state index in [1.165, 1.54) is 18.5 Å². The Morgan fingerprint density at radius 3 is 2.59 bits per heavy atom. The van der Waals surface area contributed by atoms with E-state index in [0.717, 1.165) is 62.3 Å². The first-order valence-corrected chi connectivity index (χ1v) is 10.0. The van der Waals surface area contributed by atoms with Crippen molar-refractivity contribution in [2.75, 3.05) is 44.7 Å². The highest BCUT2D eigenvalue weighted by atomic mass is 15.3. The van der Waals surface area contributed by atoms with E-state index in [9.17, 15) is 0 Å². The summed E-state index contributed by atoms with van der Waals surface area (Å²) >= 11 is 0. The van der Waals surface area contributed by atoms with Crippen molar-refractivity contribution in [3.05, 3.63) is 47.2 Å². The Balaban J connectivity index is 1.51. The van der Waals surface area contributed by atoms with Crippen LogP contribution in [0.25, 0.3) is 0 Å². The molecule has 6 heteroatoms. The number of pyridine rings is 1. The summed E-state index contributed by atoms with van der Waals surface area (Å²) in [5.74, 6) is 1.95. The minimum atomic E-state index is 0.396. The highest BCUT2D eigenvalue weighted by Gasteiger charge is 2.28. The second-order valence-corrected chi connectivity index (χ2v) is 7.89. The molecule has 144 valence electrons. The highest BCUT2D eigenvalue weighted by molar-refractivity contribution is 5.40. The van der Waals surface area contributed by atoms with Gasteiger partial charge < -0.3 is 9.80 Å². The zero-order valence-electron chi connectivity index (χ0n) is 16.7. The second-order valence-electron chi connectivity index (χ2n) is 7.89. The Hall–Kier alpha value is -2.05. The average molecular weight is 367 g/mol. The number of aromatic nitrogens is 3. The van der Waals surface area contributed by atoms with E-state index in [0.29, 0.717) is 6.04 Å². The van der Waals surface area contributed by atoms with Crippen LogP contribution in [0.15, 0.2) is 24.3 Å². The summed E-state index contributed by atoms with van der Waals surface area (Å²) in [6.07, 6.45) is 2.39. The predicted octanol–water partition coefficient (Wildman–Crippen LogP) is 2.58. The van der Waals surface area contributed by atoms with Crippen LogP contribution in [0.4, 0.5) is 5.82 Å². The minimum absolute atomic E-state index is 0.396. The summed E-state index contributed by atoms with van der Waals surface area (Å²) < 4.78 is 0. The molecule has 6 nitrogen and oxygen atoms in total. The minimum Gasteiger partial charge on any atom is -0.354 e. The number of aryl methyl sites for hydroxylation is 2. The number of hydrogen-bond donors (Lipinski definition) is 0. The number of likely N-dealkylation sites (N-methyl/N-ethyl adjacent to an activating group) is 1. The summed E-state index contributed by atoms with van der Waals surface area (Å²) in [5.41, 5.74) is 3.41. The van der Waals surface area contributed by atoms with E-state index in [-0.39, 0.29) is 0 Å². The number of nitrogens with zero attached hydrogens (tertiary/aromatic N) is 6. The van der Waals surface area contributed by atoms with Crippen molar-refractivity contribution in [1.29, 1.82) is 0 Å². The first-order chi connectivity index (χ1) is 13.1. The molecular weight excluding hydrogens is 336 g/mol. The van der Waals surface area contributed by atoms with E-state index < -0.39 is 0 Å². The SMILES string of the molecule is Cc1cccc([C@@H]2CCCN2Cc2cc(N3CCN(C)CC3)nc(C)n2)n1. The molecule has 1 atom stereocenters. The van der Waals surface area contributed by atoms with Crippen LogP contribution < -0.4 is 4.90 Å². The van der Waals surface area contributed by atoms with Crippen LogP contribution in [0.2, 0.25) is 0 Å². The molecule has 2 aliphatic rings. The van der Waals surface area contributed by atoms with Gasteiger partial charge in [-0.15, -0.1) is 0 Å². The standard InChI is InChI=1S/C21H30N6/c1-16-6-4-7-19(22-16)20-8-5-9-27(20)15-18-14-21(24-17(2)23-18)26-12-10-25(3)11-13-26/h4,6-7,14,20H,5,8-13,15H2,1-3H3/t20-/m0/s1. The van der Waals surface area contributed by atoms with Gasteiger partial charge in [0, 0.05) is 44.5 Å². The number of rotatable bonds is 4. The Morgan fingerprint density at radius 1 is 1.00 bits per heavy atom. The quantitative estimate of drug-likeness (QED) is 0.829. The van der Waals surface area contributed by atoms with Gasteiger partial charge in [-0.05, 0) is 52.4 Å². The largest absolute Gasteiger partial charge is 0.354 e. The van der Waals surface area contributed by atoms with Crippen molar-refractivity contribution in [1.82, 2.24) is 24.8 Å². The molecule has 2 saturated heterocycles. The molecule has 0 radical (unpaired) electrons. The topological polar surface area (TPSA) is 48.4 Å². The Bertz CT molecular complexity index is 784. The Morgan fingerprint density at radius 2 is 1.81 bits per heavy atom. The third-order valence-corrected chi connectivity index (χ3v) is 5.68. The molecule has 0 bridgehead atoms.